The molecule has 0 N–H and O–H groups in total. The first kappa shape index (κ1) is 47.6. The molecule has 0 radical (unpaired) electrons. The van der Waals surface area contributed by atoms with Crippen LogP contribution in [0.2, 0.25) is 0 Å². The van der Waals surface area contributed by atoms with Crippen LogP contribution in [-0.4, -0.2) is 51.9 Å². The largest absolute Gasteiger partial charge is 1.00 e. The first-order valence-corrected chi connectivity index (χ1v) is 19.1. The molecule has 0 amide bonds. The van der Waals surface area contributed by atoms with Crippen LogP contribution >= 0.6 is 0 Å². The molecule has 0 heterocycles. The van der Waals surface area contributed by atoms with E-state index in [1.54, 1.807) is 48.5 Å². The third-order valence-electron chi connectivity index (χ3n) is 7.67. The van der Waals surface area contributed by atoms with Crippen molar-refractivity contribution in [2.75, 3.05) is 0 Å². The Hall–Kier alpha value is -0.520. The molecule has 0 atom stereocenters. The summed E-state index contributed by atoms with van der Waals surface area (Å²) in [6, 6.07) is 24.6. The third kappa shape index (κ3) is 10.5. The summed E-state index contributed by atoms with van der Waals surface area (Å²) in [5.41, 5.74) is 2.93. The van der Waals surface area contributed by atoms with Crippen LogP contribution in [0.5, 0.6) is 0 Å². The van der Waals surface area contributed by atoms with Crippen LogP contribution in [0.4, 0.5) is 0 Å². The van der Waals surface area contributed by atoms with Gasteiger partial charge in [0.2, 0.25) is 0 Å². The van der Waals surface area contributed by atoms with Crippen LogP contribution in [-0.2, 0) is 40.5 Å². The molecule has 0 saturated heterocycles. The van der Waals surface area contributed by atoms with E-state index in [0.29, 0.717) is 44.2 Å². The van der Waals surface area contributed by atoms with Gasteiger partial charge in [-0.1, -0.05) is 60.7 Å². The monoisotopic (exact) mass is 814 g/mol. The smallest absolute Gasteiger partial charge is 0.744 e. The average Bonchev–Trinajstić information content (AvgIpc) is 3.01. The summed E-state index contributed by atoms with van der Waals surface area (Å²) >= 11 is 0. The van der Waals surface area contributed by atoms with Gasteiger partial charge in [-0.25, -0.2) is 33.7 Å². The fourth-order valence-corrected chi connectivity index (χ4v) is 7.48. The van der Waals surface area contributed by atoms with Crippen molar-refractivity contribution in [3.05, 3.63) is 109 Å². The molecule has 0 aliphatic heterocycles. The van der Waals surface area contributed by atoms with Gasteiger partial charge in [0.25, 0.3) is 0 Å². The molecule has 0 bridgehead atoms. The summed E-state index contributed by atoms with van der Waals surface area (Å²) in [4.78, 5) is -2.40. The Labute approximate surface area is 388 Å². The van der Waals surface area contributed by atoms with Crippen LogP contribution in [0, 0.1) is 0 Å². The standard InChI is InChI=1S/C32H22O12S4.4Na/c33-45(34,35)25-9-11-29-23(13-25)15-27(47(39,40)41)17-31(29)21-5-1-19(2-6-21)20-3-7-22(8-4-20)32-18-28(48(42,43)44)16-24-14-26(46(36,37)38)10-12-30(24)32;;;;/h1-18H,(H,33,34,35)(H,36,37,38)(H,39,40,41)(H,42,43,44);;;;/q;4*+1/p-4. The van der Waals surface area contributed by atoms with Crippen LogP contribution in [0.25, 0.3) is 54.9 Å². The van der Waals surface area contributed by atoms with Crippen molar-refractivity contribution in [1.29, 1.82) is 0 Å². The molecule has 246 valence electrons. The molecule has 0 aromatic heterocycles. The predicted molar refractivity (Wildman–Crippen MR) is 170 cm³/mol. The summed E-state index contributed by atoms with van der Waals surface area (Å²) in [5, 5.41) is 0.902. The SMILES string of the molecule is O=S(=O)([O-])c1ccc2c(-c3ccc(-c4ccc(-c5cc(S(=O)(=O)[O-])cc6cc(S(=O)(=O)[O-])ccc56)cc4)cc3)cc(S(=O)(=O)[O-])cc2c1.[Na+].[Na+].[Na+].[Na+]. The molecular weight excluding hydrogens is 797 g/mol. The number of benzene rings is 6. The van der Waals surface area contributed by atoms with Crippen LogP contribution in [0.15, 0.2) is 129 Å². The Morgan fingerprint density at radius 1 is 0.308 bits per heavy atom. The van der Waals surface area contributed by atoms with Gasteiger partial charge in [-0.3, -0.25) is 0 Å². The maximum atomic E-state index is 11.9. The van der Waals surface area contributed by atoms with E-state index in [9.17, 15) is 51.9 Å². The van der Waals surface area contributed by atoms with Gasteiger partial charge in [0, 0.05) is 0 Å². The van der Waals surface area contributed by atoms with Crippen LogP contribution in [0.1, 0.15) is 0 Å². The van der Waals surface area contributed by atoms with Crippen LogP contribution in [0.3, 0.4) is 0 Å². The molecule has 6 aromatic rings. The van der Waals surface area contributed by atoms with Gasteiger partial charge in [0.05, 0.1) is 19.6 Å². The molecular formula is C32H18Na4O12S4. The number of rotatable bonds is 7. The van der Waals surface area contributed by atoms with Crippen molar-refractivity contribution in [2.45, 2.75) is 19.6 Å². The summed E-state index contributed by atoms with van der Waals surface area (Å²) in [7, 11) is -19.6. The summed E-state index contributed by atoms with van der Waals surface area (Å²) in [6.07, 6.45) is 0. The average molecular weight is 815 g/mol. The quantitative estimate of drug-likeness (QED) is 0.108. The first-order chi connectivity index (χ1) is 22.3. The molecule has 6 rings (SSSR count). The Morgan fingerprint density at radius 3 is 0.827 bits per heavy atom. The maximum absolute atomic E-state index is 11.9. The van der Waals surface area contributed by atoms with Gasteiger partial charge in [-0.05, 0) is 103 Å². The molecule has 20 heteroatoms. The van der Waals surface area contributed by atoms with Gasteiger partial charge in [0.1, 0.15) is 40.5 Å². The summed E-state index contributed by atoms with van der Waals surface area (Å²) in [6.45, 7) is 0. The summed E-state index contributed by atoms with van der Waals surface area (Å²) in [5.74, 6) is 0. The van der Waals surface area contributed by atoms with E-state index in [4.69, 9.17) is 0 Å². The number of fused-ring (bicyclic) bond motifs is 2. The minimum atomic E-state index is -4.95. The molecule has 0 unspecified atom stereocenters. The molecule has 0 saturated carbocycles. The molecule has 0 spiro atoms. The van der Waals surface area contributed by atoms with Crippen molar-refractivity contribution >= 4 is 62.0 Å². The van der Waals surface area contributed by atoms with E-state index in [-0.39, 0.29) is 129 Å². The Kier molecular flexibility index (Phi) is 16.2. The first-order valence-electron chi connectivity index (χ1n) is 13.5. The summed E-state index contributed by atoms with van der Waals surface area (Å²) < 4.78 is 141. The zero-order valence-corrected chi connectivity index (χ0v) is 39.2. The van der Waals surface area contributed by atoms with Gasteiger partial charge >= 0.3 is 118 Å². The maximum Gasteiger partial charge on any atom is 1.00 e. The normalized spacial score (nSPS) is 11.8. The number of hydrogen-bond donors (Lipinski definition) is 0. The predicted octanol–water partition coefficient (Wildman–Crippen LogP) is -7.37. The Bertz CT molecular complexity index is 2560. The van der Waals surface area contributed by atoms with Gasteiger partial charge < -0.3 is 18.2 Å². The molecule has 6 aromatic carbocycles. The third-order valence-corrected chi connectivity index (χ3v) is 11.0. The van der Waals surface area contributed by atoms with Gasteiger partial charge in [0.15, 0.2) is 0 Å². The molecule has 0 aliphatic carbocycles. The zero-order valence-electron chi connectivity index (χ0n) is 27.9. The van der Waals surface area contributed by atoms with Crippen molar-refractivity contribution in [3.8, 4) is 33.4 Å². The van der Waals surface area contributed by atoms with E-state index < -0.39 is 60.1 Å². The Morgan fingerprint density at radius 2 is 0.558 bits per heavy atom. The van der Waals surface area contributed by atoms with E-state index in [1.165, 1.54) is 12.1 Å². The van der Waals surface area contributed by atoms with Crippen LogP contribution < -0.4 is 118 Å². The number of hydrogen-bond acceptors (Lipinski definition) is 12. The van der Waals surface area contributed by atoms with Crippen molar-refractivity contribution < 1.29 is 170 Å². The van der Waals surface area contributed by atoms with E-state index in [0.717, 1.165) is 48.5 Å². The van der Waals surface area contributed by atoms with E-state index in [1.807, 2.05) is 0 Å². The van der Waals surface area contributed by atoms with E-state index in [2.05, 4.69) is 0 Å². The fourth-order valence-electron chi connectivity index (χ4n) is 5.40. The molecule has 0 aliphatic rings. The second-order valence-electron chi connectivity index (χ2n) is 10.7. The minimum Gasteiger partial charge on any atom is -0.744 e. The van der Waals surface area contributed by atoms with Gasteiger partial charge in [-0.15, -0.1) is 0 Å². The minimum absolute atomic E-state index is 0. The van der Waals surface area contributed by atoms with Crippen molar-refractivity contribution in [1.82, 2.24) is 0 Å². The van der Waals surface area contributed by atoms with E-state index >= 15 is 0 Å². The topological polar surface area (TPSA) is 229 Å². The molecule has 0 fully saturated rings. The van der Waals surface area contributed by atoms with Gasteiger partial charge in [-0.2, -0.15) is 0 Å². The van der Waals surface area contributed by atoms with Crippen molar-refractivity contribution in [3.63, 3.8) is 0 Å². The molecule has 12 nitrogen and oxygen atoms in total. The van der Waals surface area contributed by atoms with Crippen molar-refractivity contribution in [2.24, 2.45) is 0 Å². The molecule has 52 heavy (non-hydrogen) atoms. The Balaban J connectivity index is 0.00000234. The fraction of sp³-hybridized carbons (Fsp3) is 0. The zero-order chi connectivity index (χ0) is 34.8. The second kappa shape index (κ2) is 17.7. The second-order valence-corrected chi connectivity index (χ2v) is 16.2.